The Hall–Kier alpha value is -3.52. The first-order valence-electron chi connectivity index (χ1n) is 23.2. The highest BCUT2D eigenvalue weighted by Gasteiger charge is 2.53. The lowest BCUT2D eigenvalue weighted by Crippen LogP contribution is -2.46. The van der Waals surface area contributed by atoms with Crippen LogP contribution in [0.15, 0.2) is 107 Å². The summed E-state index contributed by atoms with van der Waals surface area (Å²) in [6.07, 6.45) is 45.9. The van der Waals surface area contributed by atoms with E-state index in [-0.39, 0.29) is 11.0 Å². The molecule has 0 radical (unpaired) electrons. The van der Waals surface area contributed by atoms with Crippen LogP contribution in [0.4, 0.5) is 0 Å². The summed E-state index contributed by atoms with van der Waals surface area (Å²) in [7, 11) is 0. The lowest BCUT2D eigenvalue weighted by atomic mass is 9.67. The Labute approximate surface area is 339 Å². The average molecular weight is 745 g/mol. The van der Waals surface area contributed by atoms with Gasteiger partial charge in [-0.3, -0.25) is 0 Å². The maximum atomic E-state index is 2.95. The molecule has 8 atom stereocenters. The third kappa shape index (κ3) is 6.17. The molecular formula is C54H68N2. The Morgan fingerprint density at radius 2 is 1.61 bits per heavy atom. The molecule has 2 saturated carbocycles. The number of aromatic nitrogens is 1. The van der Waals surface area contributed by atoms with Gasteiger partial charge in [0.05, 0.1) is 11.1 Å². The third-order valence-electron chi connectivity index (χ3n) is 16.6. The van der Waals surface area contributed by atoms with Crippen LogP contribution in [0.25, 0.3) is 22.7 Å². The van der Waals surface area contributed by atoms with Crippen LogP contribution < -0.4 is 0 Å². The molecule has 56 heavy (non-hydrogen) atoms. The molecule has 0 N–H and O–H groups in total. The molecule has 2 nitrogen and oxygen atoms in total. The minimum atomic E-state index is -0.0249. The molecule has 1 aromatic carbocycles. The molecule has 2 heteroatoms. The Kier molecular flexibility index (Phi) is 9.46. The topological polar surface area (TPSA) is 8.17 Å². The zero-order valence-electron chi connectivity index (χ0n) is 35.3. The third-order valence-corrected chi connectivity index (χ3v) is 16.6. The van der Waals surface area contributed by atoms with Crippen molar-refractivity contribution < 1.29 is 0 Å². The SMILES string of the molecule is CC1CCC2C3=CCC(C)(N(C4=CCC(C5CC=CCC5)CC4)C4=CC(C)C(C5=Cc6c(n(C7=CCCC=C7)c7ccccc67)CC5)CC4)C=C3C(C)(C)[C@H]2C1. The zero-order valence-corrected chi connectivity index (χ0v) is 35.3. The molecule has 0 aliphatic heterocycles. The van der Waals surface area contributed by atoms with Crippen molar-refractivity contribution in [1.82, 2.24) is 9.47 Å². The Morgan fingerprint density at radius 3 is 2.39 bits per heavy atom. The molecule has 1 heterocycles. The van der Waals surface area contributed by atoms with Crippen molar-refractivity contribution >= 4 is 22.7 Å². The molecule has 2 aromatic rings. The van der Waals surface area contributed by atoms with Gasteiger partial charge in [0, 0.05) is 33.7 Å². The van der Waals surface area contributed by atoms with E-state index in [0.717, 1.165) is 55.3 Å². The number of hydrogen-bond donors (Lipinski definition) is 0. The largest absolute Gasteiger partial charge is 0.340 e. The monoisotopic (exact) mass is 745 g/mol. The van der Waals surface area contributed by atoms with Crippen LogP contribution in [-0.4, -0.2) is 15.0 Å². The summed E-state index contributed by atoms with van der Waals surface area (Å²) in [5, 5.41) is 1.42. The molecule has 294 valence electrons. The van der Waals surface area contributed by atoms with Gasteiger partial charge >= 0.3 is 0 Å². The van der Waals surface area contributed by atoms with E-state index in [4.69, 9.17) is 0 Å². The van der Waals surface area contributed by atoms with Crippen LogP contribution in [0.1, 0.15) is 142 Å². The van der Waals surface area contributed by atoms with E-state index in [1.807, 2.05) is 0 Å². The van der Waals surface area contributed by atoms with E-state index in [2.05, 4.69) is 129 Å². The first kappa shape index (κ1) is 36.8. The van der Waals surface area contributed by atoms with Gasteiger partial charge < -0.3 is 9.47 Å². The Bertz CT molecular complexity index is 2130. The van der Waals surface area contributed by atoms with Gasteiger partial charge in [0.15, 0.2) is 0 Å². The molecule has 8 aliphatic carbocycles. The smallest absolute Gasteiger partial charge is 0.0639 e. The summed E-state index contributed by atoms with van der Waals surface area (Å²) >= 11 is 0. The van der Waals surface area contributed by atoms with Crippen LogP contribution >= 0.6 is 0 Å². The zero-order chi connectivity index (χ0) is 38.2. The number of fused-ring (bicyclic) bond motifs is 6. The van der Waals surface area contributed by atoms with Crippen molar-refractivity contribution in [3.63, 3.8) is 0 Å². The summed E-state index contributed by atoms with van der Waals surface area (Å²) in [5.74, 6) is 5.27. The predicted molar refractivity (Wildman–Crippen MR) is 238 cm³/mol. The normalized spacial score (nSPS) is 35.0. The summed E-state index contributed by atoms with van der Waals surface area (Å²) in [6.45, 7) is 12.9. The highest BCUT2D eigenvalue weighted by Crippen LogP contribution is 2.62. The predicted octanol–water partition coefficient (Wildman–Crippen LogP) is 14.5. The molecule has 0 saturated heterocycles. The molecule has 2 fully saturated rings. The summed E-state index contributed by atoms with van der Waals surface area (Å²) < 4.78 is 2.58. The molecule has 0 amide bonds. The van der Waals surface area contributed by atoms with Crippen LogP contribution in [0, 0.1) is 46.8 Å². The fourth-order valence-corrected chi connectivity index (χ4v) is 13.6. The van der Waals surface area contributed by atoms with E-state index in [1.54, 1.807) is 28.1 Å². The van der Waals surface area contributed by atoms with Gasteiger partial charge in [-0.25, -0.2) is 0 Å². The van der Waals surface area contributed by atoms with Gasteiger partial charge in [0.1, 0.15) is 0 Å². The van der Waals surface area contributed by atoms with E-state index >= 15 is 0 Å². The quantitative estimate of drug-likeness (QED) is 0.267. The van der Waals surface area contributed by atoms with Crippen LogP contribution in [-0.2, 0) is 6.42 Å². The molecule has 0 bridgehead atoms. The van der Waals surface area contributed by atoms with Gasteiger partial charge in [-0.15, -0.1) is 0 Å². The molecule has 0 spiro atoms. The molecule has 10 rings (SSSR count). The highest BCUT2D eigenvalue weighted by molar-refractivity contribution is 5.95. The van der Waals surface area contributed by atoms with Crippen molar-refractivity contribution in [1.29, 1.82) is 0 Å². The maximum Gasteiger partial charge on any atom is 0.0639 e. The van der Waals surface area contributed by atoms with E-state index < -0.39 is 0 Å². The second-order valence-electron chi connectivity index (χ2n) is 20.4. The standard InChI is InChI=1S/C54H68N2/c1-36-20-27-45-46-30-31-54(5,35-50(46)53(3,4)49(45)32-36)56(42-24-21-39(22-25-42)38-14-8-6-9-15-38)43-26-28-44(37(2)33-43)40-23-29-52-48(34-40)47-18-12-13-19-51(47)55(52)41-16-10-7-11-17-41/h6,8,10,12-13,16-19,24,30,33-39,44-45,49H,7,9,11,14-15,20-23,25-29,31-32H2,1-5H3/t36?,37?,38?,39?,44?,45?,49-,54?/m0/s1. The van der Waals surface area contributed by atoms with Crippen molar-refractivity contribution in [2.24, 2.45) is 46.8 Å². The number of para-hydroxylation sites is 1. The summed E-state index contributed by atoms with van der Waals surface area (Å²) in [5.41, 5.74) is 14.3. The molecule has 8 aliphatic rings. The van der Waals surface area contributed by atoms with Crippen LogP contribution in [0.2, 0.25) is 0 Å². The first-order chi connectivity index (χ1) is 27.2. The minimum absolute atomic E-state index is 0.0249. The second kappa shape index (κ2) is 14.4. The second-order valence-corrected chi connectivity index (χ2v) is 20.4. The highest BCUT2D eigenvalue weighted by atomic mass is 15.2. The van der Waals surface area contributed by atoms with E-state index in [9.17, 15) is 0 Å². The van der Waals surface area contributed by atoms with Gasteiger partial charge in [0.25, 0.3) is 0 Å². The van der Waals surface area contributed by atoms with E-state index in [1.165, 1.54) is 105 Å². The van der Waals surface area contributed by atoms with Gasteiger partial charge in [0.2, 0.25) is 0 Å². The van der Waals surface area contributed by atoms with Gasteiger partial charge in [-0.1, -0.05) is 113 Å². The number of rotatable bonds is 6. The number of hydrogen-bond acceptors (Lipinski definition) is 1. The lowest BCUT2D eigenvalue weighted by molar-refractivity contribution is 0.150. The van der Waals surface area contributed by atoms with Gasteiger partial charge in [-0.05, 0) is 173 Å². The van der Waals surface area contributed by atoms with Crippen molar-refractivity contribution in [2.45, 2.75) is 143 Å². The Balaban J connectivity index is 0.986. The van der Waals surface area contributed by atoms with Crippen molar-refractivity contribution in [2.75, 3.05) is 0 Å². The van der Waals surface area contributed by atoms with Crippen LogP contribution in [0.3, 0.4) is 0 Å². The molecule has 7 unspecified atom stereocenters. The van der Waals surface area contributed by atoms with Crippen molar-refractivity contribution in [3.05, 3.63) is 118 Å². The number of benzene rings is 1. The minimum Gasteiger partial charge on any atom is -0.340 e. The number of nitrogens with zero attached hydrogens (tertiary/aromatic N) is 2. The lowest BCUT2D eigenvalue weighted by Gasteiger charge is -2.49. The first-order valence-corrected chi connectivity index (χ1v) is 23.2. The molecule has 1 aromatic heterocycles. The fourth-order valence-electron chi connectivity index (χ4n) is 13.6. The number of allylic oxidation sites excluding steroid dienone is 13. The molecular weight excluding hydrogens is 677 g/mol. The average Bonchev–Trinajstić information content (AvgIpc) is 3.66. The Morgan fingerprint density at radius 1 is 0.750 bits per heavy atom. The fraction of sp³-hybridized carbons (Fsp3) is 0.556. The van der Waals surface area contributed by atoms with Crippen LogP contribution in [0.5, 0.6) is 0 Å². The maximum absolute atomic E-state index is 2.95. The summed E-state index contributed by atoms with van der Waals surface area (Å²) in [4.78, 5) is 2.95. The van der Waals surface area contributed by atoms with E-state index in [0.29, 0.717) is 11.8 Å². The summed E-state index contributed by atoms with van der Waals surface area (Å²) in [6, 6.07) is 9.16. The van der Waals surface area contributed by atoms with Crippen molar-refractivity contribution in [3.8, 4) is 0 Å². The van der Waals surface area contributed by atoms with Gasteiger partial charge in [-0.2, -0.15) is 0 Å².